The van der Waals surface area contributed by atoms with Crippen LogP contribution in [0.25, 0.3) is 0 Å². The third kappa shape index (κ3) is 5.48. The summed E-state index contributed by atoms with van der Waals surface area (Å²) in [6.45, 7) is 5.60. The molecule has 1 aromatic carbocycles. The van der Waals surface area contributed by atoms with Crippen LogP contribution in [-0.2, 0) is 4.79 Å². The maximum absolute atomic E-state index is 12.9. The van der Waals surface area contributed by atoms with Crippen LogP contribution in [0.1, 0.15) is 30.6 Å². The highest BCUT2D eigenvalue weighted by atomic mass is 35.5. The molecule has 0 unspecified atom stereocenters. The summed E-state index contributed by atoms with van der Waals surface area (Å²) < 4.78 is 12.9. The fourth-order valence-electron chi connectivity index (χ4n) is 2.44. The zero-order valence-corrected chi connectivity index (χ0v) is 14.2. The molecule has 1 aromatic rings. The number of halogens is 2. The number of amides is 2. The molecule has 1 saturated heterocycles. The predicted molar refractivity (Wildman–Crippen MR) is 89.0 cm³/mol. The first-order chi connectivity index (χ1) is 10.3. The molecule has 23 heavy (non-hydrogen) atoms. The third-order valence-corrected chi connectivity index (χ3v) is 3.62. The molecule has 1 heterocycles. The molecular weight excluding hydrogens is 321 g/mol. The lowest BCUT2D eigenvalue weighted by molar-refractivity contribution is -0.133. The number of benzene rings is 1. The molecule has 0 radical (unpaired) electrons. The molecular formula is C16H23ClFN3O2. The molecule has 0 atom stereocenters. The Morgan fingerprint density at radius 3 is 2.04 bits per heavy atom. The summed E-state index contributed by atoms with van der Waals surface area (Å²) in [5, 5.41) is 0. The Kier molecular flexibility index (Phi) is 6.53. The van der Waals surface area contributed by atoms with E-state index in [4.69, 9.17) is 5.73 Å². The first kappa shape index (κ1) is 19.4. The number of piperazine rings is 1. The predicted octanol–water partition coefficient (Wildman–Crippen LogP) is 1.66. The zero-order chi connectivity index (χ0) is 16.3. The van der Waals surface area contributed by atoms with Gasteiger partial charge in [0.2, 0.25) is 5.91 Å². The molecule has 2 amide bonds. The lowest BCUT2D eigenvalue weighted by Gasteiger charge is -2.36. The molecule has 7 heteroatoms. The summed E-state index contributed by atoms with van der Waals surface area (Å²) in [6.07, 6.45) is 0.291. The number of hydrogen-bond acceptors (Lipinski definition) is 3. The van der Waals surface area contributed by atoms with Gasteiger partial charge in [-0.25, -0.2) is 4.39 Å². The van der Waals surface area contributed by atoms with Gasteiger partial charge in [0.1, 0.15) is 5.82 Å². The maximum Gasteiger partial charge on any atom is 0.253 e. The molecule has 2 N–H and O–H groups in total. The number of carbonyl (C=O) groups is 2. The number of carbonyl (C=O) groups excluding carboxylic acids is 2. The van der Waals surface area contributed by atoms with Crippen LogP contribution in [-0.4, -0.2) is 53.3 Å². The third-order valence-electron chi connectivity index (χ3n) is 3.62. The average molecular weight is 344 g/mol. The van der Waals surface area contributed by atoms with Crippen LogP contribution in [0.3, 0.4) is 0 Å². The van der Waals surface area contributed by atoms with Gasteiger partial charge < -0.3 is 15.5 Å². The average Bonchev–Trinajstić information content (AvgIpc) is 2.46. The number of nitrogens with zero attached hydrogens (tertiary/aromatic N) is 2. The second kappa shape index (κ2) is 7.75. The van der Waals surface area contributed by atoms with Crippen molar-refractivity contribution < 1.29 is 14.0 Å². The Morgan fingerprint density at radius 1 is 1.09 bits per heavy atom. The lowest BCUT2D eigenvalue weighted by atomic mass is 10.0. The van der Waals surface area contributed by atoms with Crippen LogP contribution in [0.15, 0.2) is 24.3 Å². The maximum atomic E-state index is 12.9. The lowest BCUT2D eigenvalue weighted by Crippen LogP contribution is -2.52. The number of nitrogens with two attached hydrogens (primary N) is 1. The van der Waals surface area contributed by atoms with E-state index in [2.05, 4.69) is 0 Å². The summed E-state index contributed by atoms with van der Waals surface area (Å²) in [5.41, 5.74) is 5.80. The van der Waals surface area contributed by atoms with Crippen molar-refractivity contribution >= 4 is 24.2 Å². The Morgan fingerprint density at radius 2 is 1.57 bits per heavy atom. The van der Waals surface area contributed by atoms with E-state index in [0.717, 1.165) is 0 Å². The molecule has 0 aromatic heterocycles. The molecule has 1 aliphatic heterocycles. The van der Waals surface area contributed by atoms with E-state index in [1.807, 2.05) is 13.8 Å². The molecule has 2 rings (SSSR count). The smallest absolute Gasteiger partial charge is 0.253 e. The summed E-state index contributed by atoms with van der Waals surface area (Å²) in [7, 11) is 0. The van der Waals surface area contributed by atoms with E-state index in [9.17, 15) is 14.0 Å². The van der Waals surface area contributed by atoms with Gasteiger partial charge in [0, 0.05) is 43.7 Å². The molecule has 0 bridgehead atoms. The summed E-state index contributed by atoms with van der Waals surface area (Å²) >= 11 is 0. The van der Waals surface area contributed by atoms with E-state index in [1.54, 1.807) is 9.80 Å². The highest BCUT2D eigenvalue weighted by Crippen LogP contribution is 2.13. The summed E-state index contributed by atoms with van der Waals surface area (Å²) in [6, 6.07) is 5.50. The Hall–Kier alpha value is -1.66. The SMILES string of the molecule is CC(C)(N)CC(=O)N1CCN(C(=O)c2ccc(F)cc2)CC1.Cl. The van der Waals surface area contributed by atoms with Gasteiger partial charge in [-0.1, -0.05) is 0 Å². The van der Waals surface area contributed by atoms with Crippen LogP contribution in [0.4, 0.5) is 4.39 Å². The van der Waals surface area contributed by atoms with Gasteiger partial charge in [-0.05, 0) is 38.1 Å². The van der Waals surface area contributed by atoms with E-state index in [0.29, 0.717) is 38.2 Å². The molecule has 0 aliphatic carbocycles. The summed E-state index contributed by atoms with van der Waals surface area (Å²) in [5.74, 6) is -0.482. The van der Waals surface area contributed by atoms with Crippen molar-refractivity contribution in [1.29, 1.82) is 0 Å². The van der Waals surface area contributed by atoms with Gasteiger partial charge in [-0.3, -0.25) is 9.59 Å². The second-order valence-corrected chi connectivity index (χ2v) is 6.35. The van der Waals surface area contributed by atoms with Crippen LogP contribution in [0, 0.1) is 5.82 Å². The van der Waals surface area contributed by atoms with Crippen molar-refractivity contribution in [3.63, 3.8) is 0 Å². The minimum absolute atomic E-state index is 0. The summed E-state index contributed by atoms with van der Waals surface area (Å²) in [4.78, 5) is 27.8. The highest BCUT2D eigenvalue weighted by Gasteiger charge is 2.27. The quantitative estimate of drug-likeness (QED) is 0.907. The minimum atomic E-state index is -0.530. The molecule has 0 saturated carbocycles. The fourth-order valence-corrected chi connectivity index (χ4v) is 2.44. The standard InChI is InChI=1S/C16H22FN3O2.ClH/c1-16(2,18)11-14(21)19-7-9-20(10-8-19)15(22)12-3-5-13(17)6-4-12;/h3-6H,7-11,18H2,1-2H3;1H. The molecule has 1 fully saturated rings. The van der Waals surface area contributed by atoms with Gasteiger partial charge in [0.15, 0.2) is 0 Å². The van der Waals surface area contributed by atoms with E-state index in [1.165, 1.54) is 24.3 Å². The van der Waals surface area contributed by atoms with Crippen LogP contribution in [0.2, 0.25) is 0 Å². The zero-order valence-electron chi connectivity index (χ0n) is 13.4. The normalized spacial score (nSPS) is 15.1. The van der Waals surface area contributed by atoms with Crippen molar-refractivity contribution in [3.05, 3.63) is 35.6 Å². The van der Waals surface area contributed by atoms with Crippen molar-refractivity contribution in [2.45, 2.75) is 25.8 Å². The second-order valence-electron chi connectivity index (χ2n) is 6.35. The number of hydrogen-bond donors (Lipinski definition) is 1. The van der Waals surface area contributed by atoms with E-state index >= 15 is 0 Å². The first-order valence-electron chi connectivity index (χ1n) is 7.38. The van der Waals surface area contributed by atoms with Crippen molar-refractivity contribution in [1.82, 2.24) is 9.80 Å². The monoisotopic (exact) mass is 343 g/mol. The van der Waals surface area contributed by atoms with Crippen molar-refractivity contribution in [2.75, 3.05) is 26.2 Å². The minimum Gasteiger partial charge on any atom is -0.339 e. The molecule has 128 valence electrons. The van der Waals surface area contributed by atoms with Crippen molar-refractivity contribution in [3.8, 4) is 0 Å². The van der Waals surface area contributed by atoms with Gasteiger partial charge in [0.05, 0.1) is 0 Å². The van der Waals surface area contributed by atoms with Crippen LogP contribution in [0.5, 0.6) is 0 Å². The largest absolute Gasteiger partial charge is 0.339 e. The highest BCUT2D eigenvalue weighted by molar-refractivity contribution is 5.94. The van der Waals surface area contributed by atoms with Gasteiger partial charge >= 0.3 is 0 Å². The molecule has 5 nitrogen and oxygen atoms in total. The topological polar surface area (TPSA) is 66.6 Å². The van der Waals surface area contributed by atoms with Gasteiger partial charge in [-0.2, -0.15) is 0 Å². The van der Waals surface area contributed by atoms with Gasteiger partial charge in [-0.15, -0.1) is 12.4 Å². The Bertz CT molecular complexity index is 549. The first-order valence-corrected chi connectivity index (χ1v) is 7.38. The Balaban J connectivity index is 0.00000264. The van der Waals surface area contributed by atoms with Crippen molar-refractivity contribution in [2.24, 2.45) is 5.73 Å². The van der Waals surface area contributed by atoms with Crippen LogP contribution < -0.4 is 5.73 Å². The Labute approximate surface area is 142 Å². The van der Waals surface area contributed by atoms with E-state index < -0.39 is 5.54 Å². The molecule has 1 aliphatic rings. The van der Waals surface area contributed by atoms with Gasteiger partial charge in [0.25, 0.3) is 5.91 Å². The number of rotatable bonds is 3. The molecule has 0 spiro atoms. The van der Waals surface area contributed by atoms with Crippen LogP contribution >= 0.6 is 12.4 Å². The van der Waals surface area contributed by atoms with E-state index in [-0.39, 0.29) is 30.0 Å². The fraction of sp³-hybridized carbons (Fsp3) is 0.500.